The Balaban J connectivity index is 2.24. The quantitative estimate of drug-likeness (QED) is 0.347. The molecule has 0 aliphatic heterocycles. The van der Waals surface area contributed by atoms with E-state index in [-0.39, 0.29) is 5.84 Å². The fourth-order valence-electron chi connectivity index (χ4n) is 1.29. The van der Waals surface area contributed by atoms with Crippen LogP contribution in [-0.4, -0.2) is 26.2 Å². The molecule has 6 nitrogen and oxygen atoms in total. The van der Waals surface area contributed by atoms with Crippen LogP contribution in [0.25, 0.3) is 0 Å². The minimum atomic E-state index is 0.0622. The van der Waals surface area contributed by atoms with Crippen LogP contribution in [0.3, 0.4) is 0 Å². The Morgan fingerprint density at radius 1 is 1.56 bits per heavy atom. The Bertz CT molecular complexity index is 598. The number of nitrogens with two attached hydrogens (primary N) is 1. The van der Waals surface area contributed by atoms with E-state index in [9.17, 15) is 0 Å². The summed E-state index contributed by atoms with van der Waals surface area (Å²) in [4.78, 5) is 5.16. The van der Waals surface area contributed by atoms with Crippen LogP contribution in [-0.2, 0) is 0 Å². The number of amidine groups is 1. The molecule has 94 valence electrons. The van der Waals surface area contributed by atoms with E-state index >= 15 is 0 Å². The number of aromatic nitrogens is 3. The lowest BCUT2D eigenvalue weighted by atomic mass is 10.2. The Labute approximate surface area is 116 Å². The molecule has 2 aromatic rings. The molecule has 0 radical (unpaired) electrons. The summed E-state index contributed by atoms with van der Waals surface area (Å²) in [5, 5.41) is 19.1. The van der Waals surface area contributed by atoms with Gasteiger partial charge in [0, 0.05) is 14.9 Å². The third-order valence-electron chi connectivity index (χ3n) is 2.11. The smallest absolute Gasteiger partial charge is 0.213 e. The molecule has 8 heteroatoms. The number of hydrogen-bond donors (Lipinski definition) is 3. The van der Waals surface area contributed by atoms with E-state index in [4.69, 9.17) is 10.9 Å². The van der Waals surface area contributed by atoms with Gasteiger partial charge >= 0.3 is 0 Å². The van der Waals surface area contributed by atoms with Gasteiger partial charge in [0.25, 0.3) is 0 Å². The minimum absolute atomic E-state index is 0.0622. The predicted octanol–water partition coefficient (Wildman–Crippen LogP) is 2.12. The molecule has 1 aromatic heterocycles. The molecule has 4 N–H and O–H groups in total. The van der Waals surface area contributed by atoms with Gasteiger partial charge in [0.05, 0.1) is 0 Å². The van der Waals surface area contributed by atoms with Crippen molar-refractivity contribution in [3.63, 3.8) is 0 Å². The highest BCUT2D eigenvalue weighted by Crippen LogP contribution is 2.28. The maximum Gasteiger partial charge on any atom is 0.213 e. The second kappa shape index (κ2) is 5.40. The summed E-state index contributed by atoms with van der Waals surface area (Å²) in [6.07, 6.45) is 0. The molecule has 0 fully saturated rings. The molecule has 1 heterocycles. The van der Waals surface area contributed by atoms with Gasteiger partial charge in [-0.3, -0.25) is 5.10 Å². The van der Waals surface area contributed by atoms with Crippen LogP contribution < -0.4 is 5.73 Å². The van der Waals surface area contributed by atoms with Crippen LogP contribution in [0, 0.1) is 6.92 Å². The van der Waals surface area contributed by atoms with Gasteiger partial charge in [-0.2, -0.15) is 0 Å². The largest absolute Gasteiger partial charge is 0.409 e. The highest BCUT2D eigenvalue weighted by Gasteiger charge is 2.08. The molecule has 0 atom stereocenters. The average molecular weight is 328 g/mol. The van der Waals surface area contributed by atoms with Crippen LogP contribution in [0.5, 0.6) is 0 Å². The van der Waals surface area contributed by atoms with E-state index < -0.39 is 0 Å². The number of nitrogens with zero attached hydrogens (tertiary/aromatic N) is 3. The van der Waals surface area contributed by atoms with Gasteiger partial charge in [-0.25, -0.2) is 4.98 Å². The van der Waals surface area contributed by atoms with Crippen molar-refractivity contribution in [2.45, 2.75) is 17.0 Å². The van der Waals surface area contributed by atoms with Crippen molar-refractivity contribution in [3.8, 4) is 0 Å². The second-order valence-corrected chi connectivity index (χ2v) is 5.33. The summed E-state index contributed by atoms with van der Waals surface area (Å²) in [6.45, 7) is 1.84. The van der Waals surface area contributed by atoms with Crippen molar-refractivity contribution in [2.24, 2.45) is 10.9 Å². The molecule has 0 amide bonds. The van der Waals surface area contributed by atoms with E-state index in [1.54, 1.807) is 6.07 Å². The number of aromatic amines is 1. The number of halogens is 1. The molecule has 0 aliphatic rings. The Hall–Kier alpha value is -1.54. The van der Waals surface area contributed by atoms with Crippen molar-refractivity contribution in [1.29, 1.82) is 0 Å². The van der Waals surface area contributed by atoms with E-state index in [1.165, 1.54) is 11.8 Å². The van der Waals surface area contributed by atoms with Crippen LogP contribution in [0.15, 0.2) is 37.9 Å². The summed E-state index contributed by atoms with van der Waals surface area (Å²) in [5.41, 5.74) is 6.17. The van der Waals surface area contributed by atoms with Gasteiger partial charge in [0.15, 0.2) is 5.84 Å². The van der Waals surface area contributed by atoms with E-state index in [1.807, 2.05) is 19.1 Å². The zero-order valence-electron chi connectivity index (χ0n) is 9.38. The van der Waals surface area contributed by atoms with Crippen LogP contribution in [0.1, 0.15) is 11.4 Å². The molecule has 1 aromatic carbocycles. The zero-order chi connectivity index (χ0) is 13.1. The second-order valence-electron chi connectivity index (χ2n) is 3.43. The molecule has 0 bridgehead atoms. The zero-order valence-corrected chi connectivity index (χ0v) is 11.8. The number of aryl methyl sites for hydroxylation is 1. The normalized spacial score (nSPS) is 11.8. The number of oxime groups is 1. The summed E-state index contributed by atoms with van der Waals surface area (Å²) in [7, 11) is 0. The fraction of sp³-hybridized carbons (Fsp3) is 0.100. The lowest BCUT2D eigenvalue weighted by molar-refractivity contribution is 0.318. The average Bonchev–Trinajstić information content (AvgIpc) is 2.74. The Morgan fingerprint density at radius 3 is 2.89 bits per heavy atom. The number of hydrogen-bond acceptors (Lipinski definition) is 5. The van der Waals surface area contributed by atoms with Crippen LogP contribution in [0.2, 0.25) is 0 Å². The lowest BCUT2D eigenvalue weighted by Gasteiger charge is -2.04. The molecular weight excluding hydrogens is 318 g/mol. The molecule has 2 rings (SSSR count). The number of benzene rings is 1. The first kappa shape index (κ1) is 12.9. The molecule has 18 heavy (non-hydrogen) atoms. The van der Waals surface area contributed by atoms with E-state index in [2.05, 4.69) is 36.3 Å². The highest BCUT2D eigenvalue weighted by atomic mass is 79.9. The van der Waals surface area contributed by atoms with E-state index in [0.717, 1.165) is 15.2 Å². The van der Waals surface area contributed by atoms with Gasteiger partial charge in [0.1, 0.15) is 5.82 Å². The van der Waals surface area contributed by atoms with Crippen molar-refractivity contribution < 1.29 is 5.21 Å². The molecule has 0 spiro atoms. The van der Waals surface area contributed by atoms with Gasteiger partial charge in [-0.1, -0.05) is 5.16 Å². The molecule has 0 saturated heterocycles. The first-order valence-electron chi connectivity index (χ1n) is 4.94. The number of rotatable bonds is 3. The van der Waals surface area contributed by atoms with Crippen molar-refractivity contribution in [1.82, 2.24) is 15.2 Å². The number of nitrogens with one attached hydrogen (secondary N) is 1. The SMILES string of the molecule is Cc1nc(Sc2ccc(/C(N)=N/O)c(Br)c2)n[nH]1. The third kappa shape index (κ3) is 2.82. The molecule has 0 aliphatic carbocycles. The Morgan fingerprint density at radius 2 is 2.33 bits per heavy atom. The topological polar surface area (TPSA) is 100 Å². The molecule has 0 saturated carbocycles. The van der Waals surface area contributed by atoms with Gasteiger partial charge in [-0.15, -0.1) is 5.10 Å². The van der Waals surface area contributed by atoms with Gasteiger partial charge < -0.3 is 10.9 Å². The van der Waals surface area contributed by atoms with Gasteiger partial charge in [0.2, 0.25) is 5.16 Å². The standard InChI is InChI=1S/C10H10BrN5OS/c1-5-13-10(15-14-5)18-6-2-3-7(8(11)4-6)9(12)16-17/h2-4,17H,1H3,(H2,12,16)(H,13,14,15). The summed E-state index contributed by atoms with van der Waals surface area (Å²) < 4.78 is 0.745. The first-order valence-corrected chi connectivity index (χ1v) is 6.55. The molecule has 0 unspecified atom stereocenters. The lowest BCUT2D eigenvalue weighted by Crippen LogP contribution is -2.13. The van der Waals surface area contributed by atoms with Crippen molar-refractivity contribution >= 4 is 33.5 Å². The predicted molar refractivity (Wildman–Crippen MR) is 71.9 cm³/mol. The van der Waals surface area contributed by atoms with Gasteiger partial charge in [-0.05, 0) is 52.8 Å². The van der Waals surface area contributed by atoms with Crippen molar-refractivity contribution in [2.75, 3.05) is 0 Å². The van der Waals surface area contributed by atoms with Crippen LogP contribution in [0.4, 0.5) is 0 Å². The third-order valence-corrected chi connectivity index (χ3v) is 3.62. The molecular formula is C10H10BrN5OS. The first-order chi connectivity index (χ1) is 8.60. The summed E-state index contributed by atoms with van der Waals surface area (Å²) in [6, 6.07) is 5.49. The highest BCUT2D eigenvalue weighted by molar-refractivity contribution is 9.10. The maximum absolute atomic E-state index is 8.63. The van der Waals surface area contributed by atoms with Crippen molar-refractivity contribution in [3.05, 3.63) is 34.1 Å². The van der Waals surface area contributed by atoms with E-state index in [0.29, 0.717) is 10.7 Å². The number of H-pyrrole nitrogens is 1. The summed E-state index contributed by atoms with van der Waals surface area (Å²) >= 11 is 4.80. The minimum Gasteiger partial charge on any atom is -0.409 e. The Kier molecular flexibility index (Phi) is 3.87. The maximum atomic E-state index is 8.63. The monoisotopic (exact) mass is 327 g/mol. The summed E-state index contributed by atoms with van der Waals surface area (Å²) in [5.74, 6) is 0.831. The fourth-order valence-corrected chi connectivity index (χ4v) is 2.83. The van der Waals surface area contributed by atoms with Crippen LogP contribution >= 0.6 is 27.7 Å².